The van der Waals surface area contributed by atoms with Gasteiger partial charge in [-0.3, -0.25) is 19.1 Å². The maximum Gasteiger partial charge on any atom is 0.408 e. The highest BCUT2D eigenvalue weighted by molar-refractivity contribution is 7.91. The lowest BCUT2D eigenvalue weighted by atomic mass is 9.88. The van der Waals surface area contributed by atoms with Gasteiger partial charge in [0.1, 0.15) is 29.5 Å². The average molecular weight is 830 g/mol. The Morgan fingerprint density at radius 2 is 1.81 bits per heavy atom. The van der Waals surface area contributed by atoms with Gasteiger partial charge in [-0.2, -0.15) is 0 Å². The van der Waals surface area contributed by atoms with Crippen LogP contribution in [-0.2, 0) is 29.1 Å². The molecule has 18 heteroatoms. The molecule has 318 valence electrons. The number of ether oxygens (including phenoxy) is 3. The molecule has 58 heavy (non-hydrogen) atoms. The molecule has 2 saturated carbocycles. The number of nitrogens with zero attached hydrogens (tertiary/aromatic N) is 2. The van der Waals surface area contributed by atoms with Crippen LogP contribution in [0.2, 0.25) is 0 Å². The Morgan fingerprint density at radius 3 is 2.48 bits per heavy atom. The van der Waals surface area contributed by atoms with Gasteiger partial charge in [0.25, 0.3) is 5.91 Å². The molecule has 1 aromatic heterocycles. The van der Waals surface area contributed by atoms with Crippen molar-refractivity contribution in [1.82, 2.24) is 25.2 Å². The van der Waals surface area contributed by atoms with Gasteiger partial charge < -0.3 is 45.1 Å². The van der Waals surface area contributed by atoms with Gasteiger partial charge >= 0.3 is 12.1 Å². The second-order valence-corrected chi connectivity index (χ2v) is 19.2. The molecule has 3 heterocycles. The van der Waals surface area contributed by atoms with Crippen LogP contribution in [0, 0.1) is 17.8 Å². The summed E-state index contributed by atoms with van der Waals surface area (Å²) in [6.07, 6.45) is 3.99. The third-order valence-corrected chi connectivity index (χ3v) is 13.9. The smallest absolute Gasteiger partial charge is 0.408 e. The quantitative estimate of drug-likeness (QED) is 0.149. The molecule has 8 unspecified atom stereocenters. The minimum absolute atomic E-state index is 0.0302. The summed E-state index contributed by atoms with van der Waals surface area (Å²) < 4.78 is 44.8. The normalized spacial score (nSPS) is 29.2. The number of amides is 4. The van der Waals surface area contributed by atoms with E-state index in [0.29, 0.717) is 43.2 Å². The zero-order chi connectivity index (χ0) is 42.4. The van der Waals surface area contributed by atoms with Gasteiger partial charge in [-0.1, -0.05) is 26.0 Å². The number of aliphatic hydroxyl groups is 3. The van der Waals surface area contributed by atoms with Crippen molar-refractivity contribution in [2.45, 2.75) is 133 Å². The number of nitrogens with one attached hydrogen (secondary N) is 3. The van der Waals surface area contributed by atoms with Crippen LogP contribution in [0.4, 0.5) is 4.79 Å². The van der Waals surface area contributed by atoms with Crippen molar-refractivity contribution in [2.24, 2.45) is 17.8 Å². The van der Waals surface area contributed by atoms with E-state index >= 15 is 0 Å². The fourth-order valence-electron chi connectivity index (χ4n) is 7.72. The molecule has 8 atom stereocenters. The van der Waals surface area contributed by atoms with Crippen LogP contribution in [0.1, 0.15) is 86.5 Å². The minimum atomic E-state index is -4.05. The summed E-state index contributed by atoms with van der Waals surface area (Å²) in [6, 6.07) is 4.69. The second kappa shape index (κ2) is 16.3. The van der Waals surface area contributed by atoms with Crippen LogP contribution in [0.25, 0.3) is 10.8 Å². The Morgan fingerprint density at radius 1 is 1.09 bits per heavy atom. The highest BCUT2D eigenvalue weighted by Crippen LogP contribution is 2.47. The van der Waals surface area contributed by atoms with Crippen molar-refractivity contribution in [1.29, 1.82) is 0 Å². The van der Waals surface area contributed by atoms with Gasteiger partial charge in [0.05, 0.1) is 17.4 Å². The summed E-state index contributed by atoms with van der Waals surface area (Å²) in [5.41, 5.74) is -1.60. The molecular weight excluding hydrogens is 775 g/mol. The minimum Gasteiger partial charge on any atom is -0.491 e. The number of sulfonamides is 1. The highest BCUT2D eigenvalue weighted by Gasteiger charge is 2.63. The maximum atomic E-state index is 14.8. The molecular formula is C40H55N5O12S. The lowest BCUT2D eigenvalue weighted by Crippen LogP contribution is -2.59. The SMILES string of the molecule is CC1CCC=CC2CC2(C(=O)NS(=O)(=O)C2(C)CC2)NC(=O)C2CC(Oc3nccc4cc(OC(C)C)ccc34)CN2C(=O)C(NC(=O)OC(C)C(O)(O)O)C(C)C1. The molecule has 0 radical (unpaired) electrons. The van der Waals surface area contributed by atoms with Crippen molar-refractivity contribution < 1.29 is 57.1 Å². The number of pyridine rings is 1. The van der Waals surface area contributed by atoms with Crippen molar-refractivity contribution in [3.63, 3.8) is 0 Å². The number of aromatic nitrogens is 1. The molecule has 1 aromatic carbocycles. The third kappa shape index (κ3) is 9.35. The molecule has 6 N–H and O–H groups in total. The van der Waals surface area contributed by atoms with E-state index in [4.69, 9.17) is 14.2 Å². The Labute approximate surface area is 337 Å². The zero-order valence-electron chi connectivity index (χ0n) is 33.6. The standard InChI is InChI=1S/C40H55N5O12S/c1-22(2)55-28-11-12-30-26(18-28)13-16-41-34(30)57-29-19-31-33(46)43-39(36(48)44-58(53,54)38(6)14-15-38)20-27(39)10-8-7-9-23(3)17-24(4)32(35(47)45(31)21-29)42-37(49)56-25(5)40(50,51)52/h8,10-13,16,18,22-25,27,29,31-32,50-52H,7,9,14-15,17,19-21H2,1-6H3,(H,42,49)(H,43,46)(H,44,48). The highest BCUT2D eigenvalue weighted by atomic mass is 32.2. The van der Waals surface area contributed by atoms with E-state index in [-0.39, 0.29) is 37.3 Å². The number of benzene rings is 1. The van der Waals surface area contributed by atoms with E-state index in [1.165, 1.54) is 4.90 Å². The number of alkyl carbamates (subject to hydrolysis) is 1. The molecule has 0 bridgehead atoms. The Bertz CT molecular complexity index is 2050. The predicted octanol–water partition coefficient (Wildman–Crippen LogP) is 2.37. The predicted molar refractivity (Wildman–Crippen MR) is 209 cm³/mol. The summed E-state index contributed by atoms with van der Waals surface area (Å²) in [7, 11) is -4.05. The Kier molecular flexibility index (Phi) is 12.1. The van der Waals surface area contributed by atoms with Crippen molar-refractivity contribution in [3.05, 3.63) is 42.6 Å². The topological polar surface area (TPSA) is 243 Å². The second-order valence-electron chi connectivity index (χ2n) is 17.0. The number of hydrogen-bond donors (Lipinski definition) is 6. The number of allylic oxidation sites excluding steroid dienone is 1. The van der Waals surface area contributed by atoms with Crippen LogP contribution in [0.15, 0.2) is 42.6 Å². The van der Waals surface area contributed by atoms with Gasteiger partial charge in [-0.05, 0) is 108 Å². The van der Waals surface area contributed by atoms with Gasteiger partial charge in [0, 0.05) is 23.9 Å². The summed E-state index contributed by atoms with van der Waals surface area (Å²) >= 11 is 0. The Hall–Kier alpha value is -4.52. The monoisotopic (exact) mass is 829 g/mol. The van der Waals surface area contributed by atoms with Gasteiger partial charge in [-0.15, -0.1) is 0 Å². The molecule has 2 aliphatic heterocycles. The lowest BCUT2D eigenvalue weighted by Gasteiger charge is -2.33. The molecule has 1 saturated heterocycles. The number of fused-ring (bicyclic) bond motifs is 3. The summed E-state index contributed by atoms with van der Waals surface area (Å²) in [5.74, 6) is -5.73. The third-order valence-electron chi connectivity index (χ3n) is 11.7. The number of rotatable bonds is 10. The summed E-state index contributed by atoms with van der Waals surface area (Å²) in [4.78, 5) is 62.0. The van der Waals surface area contributed by atoms with E-state index in [1.54, 1.807) is 38.2 Å². The molecule has 4 amide bonds. The summed E-state index contributed by atoms with van der Waals surface area (Å²) in [5, 5.41) is 35.5. The fraction of sp³-hybridized carbons (Fsp3) is 0.625. The van der Waals surface area contributed by atoms with Crippen molar-refractivity contribution >= 4 is 44.6 Å². The molecule has 4 aliphatic rings. The molecule has 2 aliphatic carbocycles. The van der Waals surface area contributed by atoms with E-state index in [1.807, 2.05) is 39.0 Å². The average Bonchev–Trinajstić information content (AvgIpc) is 4.01. The summed E-state index contributed by atoms with van der Waals surface area (Å²) in [6.45, 7) is 10.0. The van der Waals surface area contributed by atoms with Gasteiger partial charge in [0.2, 0.25) is 27.7 Å². The van der Waals surface area contributed by atoms with E-state index in [9.17, 15) is 42.9 Å². The van der Waals surface area contributed by atoms with E-state index in [0.717, 1.165) is 12.3 Å². The number of carbonyl (C=O) groups is 4. The van der Waals surface area contributed by atoms with Crippen LogP contribution < -0.4 is 24.8 Å². The van der Waals surface area contributed by atoms with Gasteiger partial charge in [0.15, 0.2) is 6.10 Å². The van der Waals surface area contributed by atoms with Crippen LogP contribution >= 0.6 is 0 Å². The van der Waals surface area contributed by atoms with Crippen LogP contribution in [0.5, 0.6) is 11.6 Å². The molecule has 0 spiro atoms. The molecule has 6 rings (SSSR count). The number of carbonyl (C=O) groups excluding carboxylic acids is 4. The van der Waals surface area contributed by atoms with Crippen molar-refractivity contribution in [2.75, 3.05) is 6.54 Å². The first kappa shape index (κ1) is 43.1. The molecule has 17 nitrogen and oxygen atoms in total. The zero-order valence-corrected chi connectivity index (χ0v) is 34.5. The van der Waals surface area contributed by atoms with Crippen LogP contribution in [0.3, 0.4) is 0 Å². The Balaban J connectivity index is 1.34. The van der Waals surface area contributed by atoms with Crippen molar-refractivity contribution in [3.8, 4) is 11.6 Å². The first-order chi connectivity index (χ1) is 27.1. The van der Waals surface area contributed by atoms with Crippen LogP contribution in [-0.4, -0.2) is 111 Å². The first-order valence-electron chi connectivity index (χ1n) is 19.8. The lowest BCUT2D eigenvalue weighted by molar-refractivity contribution is -0.349. The van der Waals surface area contributed by atoms with E-state index in [2.05, 4.69) is 20.3 Å². The maximum absolute atomic E-state index is 14.8. The van der Waals surface area contributed by atoms with Gasteiger partial charge in [-0.25, -0.2) is 18.2 Å². The molecule has 2 aromatic rings. The largest absolute Gasteiger partial charge is 0.491 e. The number of hydrogen-bond acceptors (Lipinski definition) is 13. The van der Waals surface area contributed by atoms with E-state index < -0.39 is 86.2 Å². The fourth-order valence-corrected chi connectivity index (χ4v) is 9.04. The molecule has 3 fully saturated rings. The first-order valence-corrected chi connectivity index (χ1v) is 21.3.